The fourth-order valence-electron chi connectivity index (χ4n) is 1.69. The van der Waals surface area contributed by atoms with E-state index in [0.717, 1.165) is 21.5 Å². The van der Waals surface area contributed by atoms with Gasteiger partial charge in [-0.3, -0.25) is 4.98 Å². The molecule has 84 valence electrons. The van der Waals surface area contributed by atoms with Crippen LogP contribution in [0.15, 0.2) is 36.0 Å². The van der Waals surface area contributed by atoms with Gasteiger partial charge < -0.3 is 5.32 Å². The van der Waals surface area contributed by atoms with Gasteiger partial charge in [-0.05, 0) is 23.6 Å². The molecule has 3 heterocycles. The normalized spacial score (nSPS) is 10.6. The number of nitrogens with zero attached hydrogens (tertiary/aromatic N) is 3. The van der Waals surface area contributed by atoms with Crippen LogP contribution in [-0.2, 0) is 0 Å². The van der Waals surface area contributed by atoms with Crippen LogP contribution < -0.4 is 5.32 Å². The molecule has 0 radical (unpaired) electrons. The third-order valence-corrected chi connectivity index (χ3v) is 3.29. The highest BCUT2D eigenvalue weighted by Crippen LogP contribution is 2.29. The summed E-state index contributed by atoms with van der Waals surface area (Å²) in [6.45, 7) is 0. The number of hydrogen-bond donors (Lipinski definition) is 1. The van der Waals surface area contributed by atoms with Crippen LogP contribution >= 0.6 is 11.3 Å². The maximum Gasteiger partial charge on any atom is 0.224 e. The zero-order valence-corrected chi connectivity index (χ0v) is 10.0. The molecule has 3 aromatic heterocycles. The Morgan fingerprint density at radius 3 is 2.94 bits per heavy atom. The van der Waals surface area contributed by atoms with Gasteiger partial charge in [0, 0.05) is 30.4 Å². The molecule has 0 unspecified atom stereocenters. The van der Waals surface area contributed by atoms with Gasteiger partial charge in [-0.2, -0.15) is 0 Å². The van der Waals surface area contributed by atoms with Crippen molar-refractivity contribution in [2.45, 2.75) is 0 Å². The molecular formula is C12H10N4S. The second kappa shape index (κ2) is 4.10. The highest BCUT2D eigenvalue weighted by atomic mass is 32.1. The van der Waals surface area contributed by atoms with Crippen molar-refractivity contribution in [3.8, 4) is 11.3 Å². The summed E-state index contributed by atoms with van der Waals surface area (Å²) in [6, 6.07) is 5.96. The molecule has 3 aromatic rings. The molecule has 0 aliphatic rings. The summed E-state index contributed by atoms with van der Waals surface area (Å²) >= 11 is 1.61. The van der Waals surface area contributed by atoms with Crippen LogP contribution in [0.2, 0.25) is 0 Å². The standard InChI is InChI=1S/C12H10N4S/c1-13-12-15-10(8-3-2-5-14-7-8)9-4-6-17-11(9)16-12/h2-7H,1H3,(H,13,15,16). The van der Waals surface area contributed by atoms with Gasteiger partial charge in [0.15, 0.2) is 0 Å². The zero-order chi connectivity index (χ0) is 11.7. The Balaban J connectivity index is 2.30. The SMILES string of the molecule is CNc1nc(-c2cccnc2)c2ccsc2n1. The van der Waals surface area contributed by atoms with Gasteiger partial charge >= 0.3 is 0 Å². The van der Waals surface area contributed by atoms with Gasteiger partial charge in [0.1, 0.15) is 4.83 Å². The zero-order valence-electron chi connectivity index (χ0n) is 9.21. The van der Waals surface area contributed by atoms with Crippen LogP contribution in [0, 0.1) is 0 Å². The Hall–Kier alpha value is -2.01. The largest absolute Gasteiger partial charge is 0.357 e. The van der Waals surface area contributed by atoms with Crippen molar-refractivity contribution in [1.82, 2.24) is 15.0 Å². The summed E-state index contributed by atoms with van der Waals surface area (Å²) < 4.78 is 0. The lowest BCUT2D eigenvalue weighted by Gasteiger charge is -2.04. The lowest BCUT2D eigenvalue weighted by molar-refractivity contribution is 1.20. The number of fused-ring (bicyclic) bond motifs is 1. The first kappa shape index (κ1) is 10.2. The number of thiophene rings is 1. The average molecular weight is 242 g/mol. The van der Waals surface area contributed by atoms with Crippen molar-refractivity contribution >= 4 is 27.5 Å². The number of pyridine rings is 1. The first-order valence-corrected chi connectivity index (χ1v) is 6.10. The lowest BCUT2D eigenvalue weighted by Crippen LogP contribution is -1.97. The van der Waals surface area contributed by atoms with Gasteiger partial charge in [0.05, 0.1) is 5.69 Å². The second-order valence-corrected chi connectivity index (χ2v) is 4.42. The van der Waals surface area contributed by atoms with E-state index in [1.54, 1.807) is 17.5 Å². The molecule has 0 aliphatic carbocycles. The van der Waals surface area contributed by atoms with Crippen LogP contribution in [0.3, 0.4) is 0 Å². The minimum atomic E-state index is 0.638. The second-order valence-electron chi connectivity index (χ2n) is 3.53. The molecule has 0 spiro atoms. The first-order valence-electron chi connectivity index (χ1n) is 5.22. The monoisotopic (exact) mass is 242 g/mol. The van der Waals surface area contributed by atoms with E-state index in [1.165, 1.54) is 0 Å². The number of hydrogen-bond acceptors (Lipinski definition) is 5. The first-order chi connectivity index (χ1) is 8.38. The van der Waals surface area contributed by atoms with E-state index in [4.69, 9.17) is 0 Å². The van der Waals surface area contributed by atoms with Crippen molar-refractivity contribution in [3.05, 3.63) is 36.0 Å². The quantitative estimate of drug-likeness (QED) is 0.750. The summed E-state index contributed by atoms with van der Waals surface area (Å²) in [4.78, 5) is 14.0. The van der Waals surface area contributed by atoms with Crippen LogP contribution in [0.1, 0.15) is 0 Å². The summed E-state index contributed by atoms with van der Waals surface area (Å²) in [7, 11) is 1.82. The Bertz CT molecular complexity index is 648. The van der Waals surface area contributed by atoms with Gasteiger partial charge in [-0.15, -0.1) is 11.3 Å². The van der Waals surface area contributed by atoms with Crippen molar-refractivity contribution in [1.29, 1.82) is 0 Å². The average Bonchev–Trinajstić information content (AvgIpc) is 2.86. The molecule has 0 bridgehead atoms. The maximum atomic E-state index is 4.51. The predicted octanol–water partition coefficient (Wildman–Crippen LogP) is 2.80. The molecular weight excluding hydrogens is 232 g/mol. The van der Waals surface area contributed by atoms with E-state index in [-0.39, 0.29) is 0 Å². The molecule has 0 fully saturated rings. The van der Waals surface area contributed by atoms with Gasteiger partial charge in [-0.25, -0.2) is 9.97 Å². The molecule has 17 heavy (non-hydrogen) atoms. The summed E-state index contributed by atoms with van der Waals surface area (Å²) in [5, 5.41) is 6.08. The smallest absolute Gasteiger partial charge is 0.224 e. The molecule has 0 amide bonds. The Morgan fingerprint density at radius 1 is 1.24 bits per heavy atom. The van der Waals surface area contributed by atoms with Crippen LogP contribution in [0.5, 0.6) is 0 Å². The van der Waals surface area contributed by atoms with Crippen molar-refractivity contribution in [3.63, 3.8) is 0 Å². The number of nitrogens with one attached hydrogen (secondary N) is 1. The molecule has 3 rings (SSSR count). The molecule has 0 saturated heterocycles. The third-order valence-electron chi connectivity index (χ3n) is 2.48. The number of aromatic nitrogens is 3. The van der Waals surface area contributed by atoms with E-state index in [9.17, 15) is 0 Å². The molecule has 0 saturated carbocycles. The highest BCUT2D eigenvalue weighted by Gasteiger charge is 2.09. The van der Waals surface area contributed by atoms with E-state index in [2.05, 4.69) is 20.3 Å². The van der Waals surface area contributed by atoms with E-state index in [0.29, 0.717) is 5.95 Å². The van der Waals surface area contributed by atoms with Gasteiger partial charge in [0.2, 0.25) is 5.95 Å². The maximum absolute atomic E-state index is 4.51. The fraction of sp³-hybridized carbons (Fsp3) is 0.0833. The molecule has 1 N–H and O–H groups in total. The Labute approximate surface area is 102 Å². The molecule has 4 nitrogen and oxygen atoms in total. The molecule has 0 aliphatic heterocycles. The van der Waals surface area contributed by atoms with Gasteiger partial charge in [0.25, 0.3) is 0 Å². The number of anilines is 1. The molecule has 0 atom stereocenters. The number of rotatable bonds is 2. The Kier molecular flexibility index (Phi) is 2.45. The topological polar surface area (TPSA) is 50.7 Å². The summed E-state index contributed by atoms with van der Waals surface area (Å²) in [6.07, 6.45) is 3.58. The van der Waals surface area contributed by atoms with E-state index < -0.39 is 0 Å². The minimum Gasteiger partial charge on any atom is -0.357 e. The minimum absolute atomic E-state index is 0.638. The van der Waals surface area contributed by atoms with Gasteiger partial charge in [-0.1, -0.05) is 0 Å². The fourth-order valence-corrected chi connectivity index (χ4v) is 2.45. The van der Waals surface area contributed by atoms with Crippen LogP contribution in [-0.4, -0.2) is 22.0 Å². The third kappa shape index (κ3) is 1.74. The molecule has 5 heteroatoms. The lowest BCUT2D eigenvalue weighted by atomic mass is 10.1. The molecule has 0 aromatic carbocycles. The van der Waals surface area contributed by atoms with E-state index >= 15 is 0 Å². The van der Waals surface area contributed by atoms with Crippen molar-refractivity contribution in [2.75, 3.05) is 12.4 Å². The van der Waals surface area contributed by atoms with Crippen molar-refractivity contribution < 1.29 is 0 Å². The van der Waals surface area contributed by atoms with E-state index in [1.807, 2.05) is 36.8 Å². The van der Waals surface area contributed by atoms with Crippen LogP contribution in [0.25, 0.3) is 21.5 Å². The van der Waals surface area contributed by atoms with Crippen molar-refractivity contribution in [2.24, 2.45) is 0 Å². The predicted molar refractivity (Wildman–Crippen MR) is 70.2 cm³/mol. The Morgan fingerprint density at radius 2 is 2.18 bits per heavy atom. The highest BCUT2D eigenvalue weighted by molar-refractivity contribution is 7.16. The van der Waals surface area contributed by atoms with Crippen LogP contribution in [0.4, 0.5) is 5.95 Å². The summed E-state index contributed by atoms with van der Waals surface area (Å²) in [5.74, 6) is 0.638. The summed E-state index contributed by atoms with van der Waals surface area (Å²) in [5.41, 5.74) is 1.93.